The number of benzene rings is 1. The molecule has 0 aromatic heterocycles. The number of carbonyl (C=O) groups is 1. The molecule has 2 aliphatic rings. The molecule has 2 heterocycles. The topological polar surface area (TPSA) is 73.2 Å². The first kappa shape index (κ1) is 20.0. The molecule has 7 heteroatoms. The molecule has 2 N–H and O–H groups in total. The van der Waals surface area contributed by atoms with E-state index in [1.54, 1.807) is 17.0 Å². The predicted molar refractivity (Wildman–Crippen MR) is 98.8 cm³/mol. The van der Waals surface area contributed by atoms with Gasteiger partial charge in [0, 0.05) is 31.8 Å². The molecule has 0 radical (unpaired) electrons. The molecule has 1 unspecified atom stereocenters. The standard InChI is InChI=1S/C20H29FN2O4/c1-27-17-3-4-18(21)16(11-17)12-23-8-2-7-20(26,19(23)25)14-22-9-5-15(13-24)6-10-22/h3-4,11,15,24,26H,2,5-10,12-14H2,1H3. The molecule has 6 nitrogen and oxygen atoms in total. The van der Waals surface area contributed by atoms with Crippen LogP contribution in [0, 0.1) is 11.7 Å². The number of carbonyl (C=O) groups excluding carboxylic acids is 1. The van der Waals surface area contributed by atoms with Gasteiger partial charge in [0.2, 0.25) is 0 Å². The van der Waals surface area contributed by atoms with Crippen molar-refractivity contribution in [2.75, 3.05) is 39.9 Å². The third-order valence-electron chi connectivity index (χ3n) is 5.77. The lowest BCUT2D eigenvalue weighted by Gasteiger charge is -2.42. The first-order chi connectivity index (χ1) is 12.9. The maximum atomic E-state index is 14.1. The second-order valence-corrected chi connectivity index (χ2v) is 7.72. The van der Waals surface area contributed by atoms with Crippen molar-refractivity contribution in [1.82, 2.24) is 9.80 Å². The summed E-state index contributed by atoms with van der Waals surface area (Å²) in [4.78, 5) is 16.6. The molecule has 2 saturated heterocycles. The molecule has 0 bridgehead atoms. The summed E-state index contributed by atoms with van der Waals surface area (Å²) in [7, 11) is 1.52. The van der Waals surface area contributed by atoms with Gasteiger partial charge in [0.05, 0.1) is 7.11 Å². The summed E-state index contributed by atoms with van der Waals surface area (Å²) in [5.74, 6) is 0.132. The van der Waals surface area contributed by atoms with E-state index in [0.29, 0.717) is 43.2 Å². The van der Waals surface area contributed by atoms with Gasteiger partial charge in [0.1, 0.15) is 11.6 Å². The van der Waals surface area contributed by atoms with Crippen LogP contribution in [0.2, 0.25) is 0 Å². The second-order valence-electron chi connectivity index (χ2n) is 7.72. The highest BCUT2D eigenvalue weighted by Gasteiger charge is 2.43. The molecule has 0 aliphatic carbocycles. The van der Waals surface area contributed by atoms with Gasteiger partial charge < -0.3 is 19.8 Å². The highest BCUT2D eigenvalue weighted by atomic mass is 19.1. The Morgan fingerprint density at radius 3 is 2.70 bits per heavy atom. The van der Waals surface area contributed by atoms with E-state index in [1.807, 2.05) is 0 Å². The van der Waals surface area contributed by atoms with Crippen LogP contribution in [0.5, 0.6) is 5.75 Å². The highest BCUT2D eigenvalue weighted by Crippen LogP contribution is 2.28. The zero-order chi connectivity index (χ0) is 19.4. The minimum absolute atomic E-state index is 0.122. The van der Waals surface area contributed by atoms with Crippen LogP contribution in [0.3, 0.4) is 0 Å². The molecule has 2 fully saturated rings. The summed E-state index contributed by atoms with van der Waals surface area (Å²) < 4.78 is 19.3. The summed E-state index contributed by atoms with van der Waals surface area (Å²) in [5.41, 5.74) is -1.05. The van der Waals surface area contributed by atoms with Crippen LogP contribution in [-0.4, -0.2) is 71.4 Å². The first-order valence-electron chi connectivity index (χ1n) is 9.62. The van der Waals surface area contributed by atoms with Crippen molar-refractivity contribution in [3.63, 3.8) is 0 Å². The lowest BCUT2D eigenvalue weighted by Crippen LogP contribution is -2.59. The van der Waals surface area contributed by atoms with Gasteiger partial charge in [-0.25, -0.2) is 4.39 Å². The molecule has 3 rings (SSSR count). The number of hydrogen-bond acceptors (Lipinski definition) is 5. The summed E-state index contributed by atoms with van der Waals surface area (Å²) >= 11 is 0. The third kappa shape index (κ3) is 4.59. The molecule has 2 aliphatic heterocycles. The molecule has 150 valence electrons. The number of likely N-dealkylation sites (tertiary alicyclic amines) is 2. The van der Waals surface area contributed by atoms with Gasteiger partial charge >= 0.3 is 0 Å². The van der Waals surface area contributed by atoms with Crippen molar-refractivity contribution in [1.29, 1.82) is 0 Å². The number of nitrogens with zero attached hydrogens (tertiary/aromatic N) is 2. The minimum atomic E-state index is -1.43. The number of aliphatic hydroxyl groups excluding tert-OH is 1. The molecule has 1 aromatic rings. The van der Waals surface area contributed by atoms with Gasteiger partial charge in [-0.3, -0.25) is 9.69 Å². The van der Waals surface area contributed by atoms with Gasteiger partial charge in [0.25, 0.3) is 5.91 Å². The van der Waals surface area contributed by atoms with Gasteiger partial charge in [-0.2, -0.15) is 0 Å². The molecule has 1 amide bonds. The number of ether oxygens (including phenoxy) is 1. The van der Waals surface area contributed by atoms with Crippen molar-refractivity contribution >= 4 is 5.91 Å². The Labute approximate surface area is 159 Å². The molecule has 27 heavy (non-hydrogen) atoms. The Kier molecular flexibility index (Phi) is 6.34. The van der Waals surface area contributed by atoms with Gasteiger partial charge in [-0.15, -0.1) is 0 Å². The van der Waals surface area contributed by atoms with Crippen molar-refractivity contribution < 1.29 is 24.1 Å². The Balaban J connectivity index is 1.66. The zero-order valence-corrected chi connectivity index (χ0v) is 15.9. The molecule has 0 saturated carbocycles. The average Bonchev–Trinajstić information content (AvgIpc) is 2.68. The number of hydrogen-bond donors (Lipinski definition) is 2. The average molecular weight is 380 g/mol. The smallest absolute Gasteiger partial charge is 0.256 e. The lowest BCUT2D eigenvalue weighted by molar-refractivity contribution is -0.160. The second kappa shape index (κ2) is 8.54. The number of amides is 1. The van der Waals surface area contributed by atoms with E-state index in [-0.39, 0.29) is 24.9 Å². The van der Waals surface area contributed by atoms with Crippen molar-refractivity contribution in [3.8, 4) is 5.75 Å². The SMILES string of the molecule is COc1ccc(F)c(CN2CCCC(O)(CN3CCC(CO)CC3)C2=O)c1. The fourth-order valence-corrected chi connectivity index (χ4v) is 4.06. The highest BCUT2D eigenvalue weighted by molar-refractivity contribution is 5.86. The number of β-amino-alcohol motifs (C(OH)–C–C–N with tert-alkyl or cyclic N) is 1. The van der Waals surface area contributed by atoms with E-state index in [2.05, 4.69) is 4.90 Å². The van der Waals surface area contributed by atoms with Gasteiger partial charge in [-0.05, 0) is 62.9 Å². The predicted octanol–water partition coefficient (Wildman–Crippen LogP) is 1.39. The first-order valence-corrected chi connectivity index (χ1v) is 9.62. The number of piperidine rings is 2. The summed E-state index contributed by atoms with van der Waals surface area (Å²) in [5, 5.41) is 20.3. The fourth-order valence-electron chi connectivity index (χ4n) is 4.06. The molecular formula is C20H29FN2O4. The number of rotatable bonds is 6. The fraction of sp³-hybridized carbons (Fsp3) is 0.650. The van der Waals surface area contributed by atoms with Crippen LogP contribution in [0.15, 0.2) is 18.2 Å². The summed E-state index contributed by atoms with van der Waals surface area (Å²) in [6.45, 7) is 2.65. The van der Waals surface area contributed by atoms with Crippen LogP contribution >= 0.6 is 0 Å². The van der Waals surface area contributed by atoms with Crippen LogP contribution < -0.4 is 4.74 Å². The van der Waals surface area contributed by atoms with E-state index < -0.39 is 5.60 Å². The zero-order valence-electron chi connectivity index (χ0n) is 15.9. The van der Waals surface area contributed by atoms with E-state index in [4.69, 9.17) is 4.74 Å². The monoisotopic (exact) mass is 380 g/mol. The lowest BCUT2D eigenvalue weighted by atomic mass is 9.89. The van der Waals surface area contributed by atoms with Gasteiger partial charge in [-0.1, -0.05) is 0 Å². The van der Waals surface area contributed by atoms with E-state index in [1.165, 1.54) is 13.2 Å². The third-order valence-corrected chi connectivity index (χ3v) is 5.77. The van der Waals surface area contributed by atoms with Gasteiger partial charge in [0.15, 0.2) is 5.60 Å². The van der Waals surface area contributed by atoms with Crippen LogP contribution in [-0.2, 0) is 11.3 Å². The normalized spacial score (nSPS) is 25.0. The maximum Gasteiger partial charge on any atom is 0.256 e. The molecule has 1 aromatic carbocycles. The summed E-state index contributed by atoms with van der Waals surface area (Å²) in [6, 6.07) is 4.47. The van der Waals surface area contributed by atoms with Crippen molar-refractivity contribution in [3.05, 3.63) is 29.6 Å². The van der Waals surface area contributed by atoms with Crippen molar-refractivity contribution in [2.24, 2.45) is 5.92 Å². The Morgan fingerprint density at radius 1 is 1.30 bits per heavy atom. The number of halogens is 1. The quantitative estimate of drug-likeness (QED) is 0.780. The number of aliphatic hydroxyl groups is 2. The van der Waals surface area contributed by atoms with Crippen LogP contribution in [0.25, 0.3) is 0 Å². The Hall–Kier alpha value is -1.70. The van der Waals surface area contributed by atoms with E-state index >= 15 is 0 Å². The Bertz CT molecular complexity index is 663. The summed E-state index contributed by atoms with van der Waals surface area (Å²) in [6.07, 6.45) is 2.85. The number of methoxy groups -OCH3 is 1. The molecule has 0 spiro atoms. The minimum Gasteiger partial charge on any atom is -0.497 e. The van der Waals surface area contributed by atoms with E-state index in [0.717, 1.165) is 25.9 Å². The van der Waals surface area contributed by atoms with Crippen LogP contribution in [0.1, 0.15) is 31.2 Å². The Morgan fingerprint density at radius 2 is 2.04 bits per heavy atom. The van der Waals surface area contributed by atoms with Crippen LogP contribution in [0.4, 0.5) is 4.39 Å². The maximum absolute atomic E-state index is 14.1. The van der Waals surface area contributed by atoms with Crippen molar-refractivity contribution in [2.45, 2.75) is 37.8 Å². The molecular weight excluding hydrogens is 351 g/mol. The van der Waals surface area contributed by atoms with E-state index in [9.17, 15) is 19.4 Å². The molecule has 1 atom stereocenters. The largest absolute Gasteiger partial charge is 0.497 e.